The van der Waals surface area contributed by atoms with Gasteiger partial charge in [-0.3, -0.25) is 4.79 Å². The predicted molar refractivity (Wildman–Crippen MR) is 101 cm³/mol. The molecular formula is C20H18ClNO4S. The van der Waals surface area contributed by atoms with Crippen LogP contribution in [0.4, 0.5) is 0 Å². The number of rotatable bonds is 5. The van der Waals surface area contributed by atoms with E-state index in [1.807, 2.05) is 25.1 Å². The Labute approximate surface area is 163 Å². The van der Waals surface area contributed by atoms with Crippen molar-refractivity contribution in [3.8, 4) is 6.07 Å². The van der Waals surface area contributed by atoms with Crippen LogP contribution in [0.15, 0.2) is 53.4 Å². The lowest BCUT2D eigenvalue weighted by molar-refractivity contribution is -0.147. The van der Waals surface area contributed by atoms with Gasteiger partial charge in [0.2, 0.25) is 0 Å². The van der Waals surface area contributed by atoms with Crippen molar-refractivity contribution in [3.63, 3.8) is 0 Å². The van der Waals surface area contributed by atoms with Crippen LogP contribution in [0.1, 0.15) is 24.0 Å². The van der Waals surface area contributed by atoms with Crippen LogP contribution in [0.5, 0.6) is 0 Å². The van der Waals surface area contributed by atoms with E-state index in [4.69, 9.17) is 16.3 Å². The molecule has 1 aliphatic rings. The number of benzene rings is 2. The first kappa shape index (κ1) is 19.4. The fraction of sp³-hybridized carbons (Fsp3) is 0.300. The number of aryl methyl sites for hydroxylation is 1. The highest BCUT2D eigenvalue weighted by Gasteiger charge is 2.77. The standard InChI is InChI=1S/C20H18ClNO4S/c1-3-26-19(23)20(12-22)17(14-6-4-13(2)5-7-14)18(20)27(24,25)16-10-8-15(21)9-11-16/h4-11,17-18H,3H2,1-2H3/t17-,18+,20-/m1/s1. The Morgan fingerprint density at radius 3 is 2.30 bits per heavy atom. The van der Waals surface area contributed by atoms with E-state index in [-0.39, 0.29) is 11.5 Å². The van der Waals surface area contributed by atoms with Crippen molar-refractivity contribution in [2.24, 2.45) is 5.41 Å². The summed E-state index contributed by atoms with van der Waals surface area (Å²) < 4.78 is 31.5. The van der Waals surface area contributed by atoms with E-state index in [2.05, 4.69) is 0 Å². The lowest BCUT2D eigenvalue weighted by Gasteiger charge is -2.09. The van der Waals surface area contributed by atoms with Crippen LogP contribution in [0, 0.1) is 23.7 Å². The van der Waals surface area contributed by atoms with Crippen LogP contribution >= 0.6 is 11.6 Å². The topological polar surface area (TPSA) is 84.2 Å². The maximum absolute atomic E-state index is 13.2. The number of carbonyl (C=O) groups excluding carboxylic acids is 1. The van der Waals surface area contributed by atoms with Gasteiger partial charge >= 0.3 is 5.97 Å². The van der Waals surface area contributed by atoms with Crippen molar-refractivity contribution in [2.75, 3.05) is 6.61 Å². The molecule has 1 fully saturated rings. The number of hydrogen-bond donors (Lipinski definition) is 0. The summed E-state index contributed by atoms with van der Waals surface area (Å²) in [5.41, 5.74) is -0.142. The Bertz CT molecular complexity index is 1010. The van der Waals surface area contributed by atoms with Crippen LogP contribution in [0.25, 0.3) is 0 Å². The number of sulfone groups is 1. The van der Waals surface area contributed by atoms with E-state index in [9.17, 15) is 18.5 Å². The third-order valence-corrected chi connectivity index (χ3v) is 7.34. The molecule has 5 nitrogen and oxygen atoms in total. The fourth-order valence-electron chi connectivity index (χ4n) is 3.43. The second-order valence-corrected chi connectivity index (χ2v) is 9.01. The molecule has 0 heterocycles. The molecule has 3 rings (SSSR count). The Balaban J connectivity index is 2.12. The first-order chi connectivity index (χ1) is 12.8. The van der Waals surface area contributed by atoms with E-state index in [0.717, 1.165) is 5.56 Å². The first-order valence-corrected chi connectivity index (χ1v) is 10.4. The number of hydrogen-bond acceptors (Lipinski definition) is 5. The number of nitriles is 1. The molecule has 0 unspecified atom stereocenters. The molecular weight excluding hydrogens is 386 g/mol. The first-order valence-electron chi connectivity index (χ1n) is 8.43. The highest BCUT2D eigenvalue weighted by atomic mass is 35.5. The van der Waals surface area contributed by atoms with Gasteiger partial charge in [-0.2, -0.15) is 5.26 Å². The molecule has 0 N–H and O–H groups in total. The van der Waals surface area contributed by atoms with E-state index in [1.165, 1.54) is 24.3 Å². The molecule has 0 radical (unpaired) electrons. The number of esters is 1. The second-order valence-electron chi connectivity index (χ2n) is 6.51. The average Bonchev–Trinajstić information content (AvgIpc) is 3.34. The minimum Gasteiger partial charge on any atom is -0.465 e. The van der Waals surface area contributed by atoms with Gasteiger partial charge in [0.15, 0.2) is 15.3 Å². The molecule has 2 aromatic rings. The zero-order valence-corrected chi connectivity index (χ0v) is 16.4. The molecule has 1 saturated carbocycles. The lowest BCUT2D eigenvalue weighted by Crippen LogP contribution is -2.25. The summed E-state index contributed by atoms with van der Waals surface area (Å²) in [6.45, 7) is 3.59. The van der Waals surface area contributed by atoms with Gasteiger partial charge in [0, 0.05) is 10.9 Å². The van der Waals surface area contributed by atoms with Crippen LogP contribution < -0.4 is 0 Å². The second kappa shape index (κ2) is 6.99. The van der Waals surface area contributed by atoms with Gasteiger partial charge in [-0.05, 0) is 43.7 Å². The molecule has 1 aliphatic carbocycles. The summed E-state index contributed by atoms with van der Waals surface area (Å²) >= 11 is 5.85. The minimum absolute atomic E-state index is 0.0236. The lowest BCUT2D eigenvalue weighted by atomic mass is 10.00. The third-order valence-electron chi connectivity index (χ3n) is 4.84. The summed E-state index contributed by atoms with van der Waals surface area (Å²) in [5.74, 6) is -1.59. The molecule has 0 bridgehead atoms. The van der Waals surface area contributed by atoms with Gasteiger partial charge < -0.3 is 4.74 Å². The van der Waals surface area contributed by atoms with Crippen molar-refractivity contribution >= 4 is 27.4 Å². The number of halogens is 1. The Hall–Kier alpha value is -2.36. The average molecular weight is 404 g/mol. The number of ether oxygens (including phenoxy) is 1. The Kier molecular flexibility index (Phi) is 5.02. The minimum atomic E-state index is -3.95. The number of carbonyl (C=O) groups is 1. The molecule has 0 amide bonds. The smallest absolute Gasteiger partial charge is 0.328 e. The largest absolute Gasteiger partial charge is 0.465 e. The molecule has 0 saturated heterocycles. The molecule has 0 aliphatic heterocycles. The van der Waals surface area contributed by atoms with Gasteiger partial charge in [0.05, 0.1) is 17.6 Å². The van der Waals surface area contributed by atoms with Crippen LogP contribution in [0.3, 0.4) is 0 Å². The molecule has 2 aromatic carbocycles. The summed E-state index contributed by atoms with van der Waals surface area (Å²) in [6, 6.07) is 14.8. The molecule has 0 spiro atoms. The Morgan fingerprint density at radius 1 is 1.19 bits per heavy atom. The van der Waals surface area contributed by atoms with Crippen molar-refractivity contribution in [2.45, 2.75) is 29.9 Å². The molecule has 27 heavy (non-hydrogen) atoms. The van der Waals surface area contributed by atoms with Gasteiger partial charge in [0.1, 0.15) is 5.25 Å². The zero-order valence-electron chi connectivity index (χ0n) is 14.8. The highest BCUT2D eigenvalue weighted by Crippen LogP contribution is 2.64. The third kappa shape index (κ3) is 3.11. The van der Waals surface area contributed by atoms with Crippen LogP contribution in [0.2, 0.25) is 5.02 Å². The maximum Gasteiger partial charge on any atom is 0.328 e. The molecule has 0 aromatic heterocycles. The number of nitrogens with zero attached hydrogens (tertiary/aromatic N) is 1. The Morgan fingerprint density at radius 2 is 1.78 bits per heavy atom. The SMILES string of the molecule is CCOC(=O)[C@]1(C#N)[C@H](c2ccc(C)cc2)[C@@H]1S(=O)(=O)c1ccc(Cl)cc1. The van der Waals surface area contributed by atoms with Crippen molar-refractivity contribution in [3.05, 3.63) is 64.7 Å². The van der Waals surface area contributed by atoms with E-state index in [1.54, 1.807) is 19.1 Å². The van der Waals surface area contributed by atoms with E-state index in [0.29, 0.717) is 10.6 Å². The summed E-state index contributed by atoms with van der Waals surface area (Å²) in [4.78, 5) is 12.6. The van der Waals surface area contributed by atoms with Gasteiger partial charge in [-0.1, -0.05) is 41.4 Å². The van der Waals surface area contributed by atoms with Crippen molar-refractivity contribution < 1.29 is 17.9 Å². The fourth-order valence-corrected chi connectivity index (χ4v) is 5.81. The van der Waals surface area contributed by atoms with Crippen molar-refractivity contribution in [1.82, 2.24) is 0 Å². The van der Waals surface area contributed by atoms with Crippen LogP contribution in [-0.4, -0.2) is 26.2 Å². The van der Waals surface area contributed by atoms with E-state index >= 15 is 0 Å². The highest BCUT2D eigenvalue weighted by molar-refractivity contribution is 7.92. The molecule has 3 atom stereocenters. The monoisotopic (exact) mass is 403 g/mol. The van der Waals surface area contributed by atoms with Gasteiger partial charge in [-0.15, -0.1) is 0 Å². The van der Waals surface area contributed by atoms with Crippen LogP contribution in [-0.2, 0) is 19.4 Å². The van der Waals surface area contributed by atoms with Gasteiger partial charge in [0.25, 0.3) is 0 Å². The molecule has 7 heteroatoms. The summed E-state index contributed by atoms with van der Waals surface area (Å²) in [5, 5.41) is 9.02. The van der Waals surface area contributed by atoms with E-state index < -0.39 is 32.4 Å². The quantitative estimate of drug-likeness (QED) is 0.711. The predicted octanol–water partition coefficient (Wildman–Crippen LogP) is 3.66. The normalized spacial score (nSPS) is 24.1. The van der Waals surface area contributed by atoms with Crippen molar-refractivity contribution in [1.29, 1.82) is 5.26 Å². The summed E-state index contributed by atoms with van der Waals surface area (Å²) in [6.07, 6.45) is 0. The maximum atomic E-state index is 13.2. The molecule has 140 valence electrons. The van der Waals surface area contributed by atoms with Gasteiger partial charge in [-0.25, -0.2) is 8.42 Å². The summed E-state index contributed by atoms with van der Waals surface area (Å²) in [7, 11) is -3.95. The zero-order chi connectivity index (χ0) is 19.8.